The molecule has 66 valence electrons. The monoisotopic (exact) mass is 173 g/mol. The second-order valence-electron chi connectivity index (χ2n) is 1.26. The summed E-state index contributed by atoms with van der Waals surface area (Å²) in [5.41, 5.74) is 0. The predicted molar refractivity (Wildman–Crippen MR) is 34.8 cm³/mol. The topological polar surface area (TPSA) is 65.2 Å². The van der Waals surface area contributed by atoms with E-state index in [1.54, 1.807) is 18.7 Å². The van der Waals surface area contributed by atoms with Crippen molar-refractivity contribution < 1.29 is 17.3 Å². The summed E-state index contributed by atoms with van der Waals surface area (Å²) in [6.07, 6.45) is 5.08. The Kier molecular flexibility index (Phi) is 6.56. The number of aromatic nitrogens is 2. The minimum absolute atomic E-state index is 0. The van der Waals surface area contributed by atoms with Crippen LogP contribution >= 0.6 is 0 Å². The molecule has 8 heteroatoms. The van der Waals surface area contributed by atoms with E-state index in [1.165, 1.54) is 0 Å². The average Bonchev–Trinajstić information content (AvgIpc) is 2.07. The van der Waals surface area contributed by atoms with E-state index in [1.807, 2.05) is 0 Å². The zero-order valence-corrected chi connectivity index (χ0v) is 5.77. The lowest BCUT2D eigenvalue weighted by molar-refractivity contribution is 0.368. The van der Waals surface area contributed by atoms with Crippen LogP contribution in [0.25, 0.3) is 0 Å². The molecule has 0 unspecified atom stereocenters. The number of nitrogens with one attached hydrogen (secondary N) is 1. The maximum absolute atomic E-state index is 9.75. The predicted octanol–water partition coefficient (Wildman–Crippen LogP) is 2.09. The van der Waals surface area contributed by atoms with Crippen LogP contribution in [-0.4, -0.2) is 17.2 Å². The Labute approximate surface area is 60.5 Å². The third-order valence-electron chi connectivity index (χ3n) is 0.406. The van der Waals surface area contributed by atoms with Gasteiger partial charge in [-0.1, -0.05) is 0 Å². The molecule has 0 fully saturated rings. The van der Waals surface area contributed by atoms with Gasteiger partial charge in [0.2, 0.25) is 0 Å². The average molecular weight is 173 g/mol. The van der Waals surface area contributed by atoms with Gasteiger partial charge >= 0.3 is 7.25 Å². The smallest absolute Gasteiger partial charge is 0.418 e. The van der Waals surface area contributed by atoms with Crippen LogP contribution in [0.4, 0.5) is 17.3 Å². The molecular formula is C3H8BF4N3. The number of nitrogens with zero attached hydrogens (tertiary/aromatic N) is 1. The van der Waals surface area contributed by atoms with E-state index in [0.717, 1.165) is 0 Å². The minimum Gasteiger partial charge on any atom is -0.418 e. The first-order valence-electron chi connectivity index (χ1n) is 2.30. The van der Waals surface area contributed by atoms with E-state index in [9.17, 15) is 17.3 Å². The summed E-state index contributed by atoms with van der Waals surface area (Å²) in [6.45, 7) is 0. The van der Waals surface area contributed by atoms with Crippen molar-refractivity contribution in [3.05, 3.63) is 18.7 Å². The van der Waals surface area contributed by atoms with Crippen molar-refractivity contribution in [1.82, 2.24) is 16.1 Å². The van der Waals surface area contributed by atoms with Crippen LogP contribution in [0, 0.1) is 0 Å². The van der Waals surface area contributed by atoms with Crippen LogP contribution < -0.4 is 6.15 Å². The third-order valence-corrected chi connectivity index (χ3v) is 0.406. The molecule has 1 aromatic heterocycles. The summed E-state index contributed by atoms with van der Waals surface area (Å²) < 4.78 is 39.0. The van der Waals surface area contributed by atoms with Crippen molar-refractivity contribution in [2.24, 2.45) is 0 Å². The van der Waals surface area contributed by atoms with Crippen LogP contribution in [0.15, 0.2) is 18.7 Å². The second kappa shape index (κ2) is 5.72. The van der Waals surface area contributed by atoms with Gasteiger partial charge in [-0.15, -0.1) is 0 Å². The molecule has 1 rings (SSSR count). The molecule has 0 saturated carbocycles. The molecule has 1 heterocycles. The van der Waals surface area contributed by atoms with Gasteiger partial charge in [-0.05, 0) is 0 Å². The first kappa shape index (κ1) is 12.6. The first-order chi connectivity index (χ1) is 4.50. The quantitative estimate of drug-likeness (QED) is 0.457. The molecule has 11 heavy (non-hydrogen) atoms. The van der Waals surface area contributed by atoms with Crippen molar-refractivity contribution in [2.45, 2.75) is 0 Å². The number of imidazole rings is 1. The summed E-state index contributed by atoms with van der Waals surface area (Å²) in [4.78, 5) is 6.42. The van der Waals surface area contributed by atoms with Gasteiger partial charge in [-0.2, -0.15) is 0 Å². The lowest BCUT2D eigenvalue weighted by Gasteiger charge is -1.94. The van der Waals surface area contributed by atoms with Gasteiger partial charge in [-0.25, -0.2) is 4.98 Å². The summed E-state index contributed by atoms with van der Waals surface area (Å²) in [6, 6.07) is 0. The standard InChI is InChI=1S/C3H4N2.BF4.H3N/c1-2-5-3-4-1;2-1(3,4)5;/h1-3H,(H,4,5);;1H3/q;-1;/p+1. The minimum atomic E-state index is -6.00. The maximum atomic E-state index is 9.75. The Morgan fingerprint density at radius 3 is 1.73 bits per heavy atom. The molecule has 5 N–H and O–H groups in total. The van der Waals surface area contributed by atoms with Gasteiger partial charge in [0, 0.05) is 12.4 Å². The highest BCUT2D eigenvalue weighted by Gasteiger charge is 2.20. The highest BCUT2D eigenvalue weighted by Crippen LogP contribution is 2.06. The third kappa shape index (κ3) is 27.7. The van der Waals surface area contributed by atoms with Crippen molar-refractivity contribution in [3.8, 4) is 0 Å². The maximum Gasteiger partial charge on any atom is 0.673 e. The summed E-state index contributed by atoms with van der Waals surface area (Å²) in [5, 5.41) is 0. The summed E-state index contributed by atoms with van der Waals surface area (Å²) >= 11 is 0. The zero-order chi connectivity index (χ0) is 8.04. The molecule has 0 aliphatic carbocycles. The Hall–Kier alpha value is -1.05. The van der Waals surface area contributed by atoms with Crippen LogP contribution in [0.3, 0.4) is 0 Å². The summed E-state index contributed by atoms with van der Waals surface area (Å²) in [7, 11) is -6.00. The fraction of sp³-hybridized carbons (Fsp3) is 0. The van der Waals surface area contributed by atoms with Gasteiger partial charge in [0.05, 0.1) is 6.33 Å². The van der Waals surface area contributed by atoms with E-state index >= 15 is 0 Å². The van der Waals surface area contributed by atoms with E-state index in [0.29, 0.717) is 0 Å². The first-order valence-corrected chi connectivity index (χ1v) is 2.30. The lowest BCUT2D eigenvalue weighted by atomic mass is 10.3. The van der Waals surface area contributed by atoms with Crippen molar-refractivity contribution >= 4 is 7.25 Å². The van der Waals surface area contributed by atoms with Crippen LogP contribution in [0.1, 0.15) is 0 Å². The van der Waals surface area contributed by atoms with E-state index in [4.69, 9.17) is 0 Å². The molecule has 0 radical (unpaired) electrons. The van der Waals surface area contributed by atoms with Gasteiger partial charge in [0.25, 0.3) is 0 Å². The number of aromatic amines is 1. The number of H-pyrrole nitrogens is 1. The molecule has 0 atom stereocenters. The van der Waals surface area contributed by atoms with Gasteiger partial charge < -0.3 is 28.4 Å². The van der Waals surface area contributed by atoms with Gasteiger partial charge in [0.15, 0.2) is 0 Å². The molecule has 0 saturated heterocycles. The largest absolute Gasteiger partial charge is 0.673 e. The Balaban J connectivity index is 0. The highest BCUT2D eigenvalue weighted by molar-refractivity contribution is 6.50. The van der Waals surface area contributed by atoms with E-state index < -0.39 is 7.25 Å². The molecule has 0 aliphatic rings. The molecule has 0 aliphatic heterocycles. The van der Waals surface area contributed by atoms with Crippen molar-refractivity contribution in [2.75, 3.05) is 0 Å². The molecule has 0 bridgehead atoms. The molecular weight excluding hydrogens is 165 g/mol. The Morgan fingerprint density at radius 2 is 1.64 bits per heavy atom. The van der Waals surface area contributed by atoms with Crippen molar-refractivity contribution in [1.29, 1.82) is 0 Å². The van der Waals surface area contributed by atoms with Crippen LogP contribution in [0.2, 0.25) is 0 Å². The lowest BCUT2D eigenvalue weighted by Crippen LogP contribution is -2.02. The van der Waals surface area contributed by atoms with Crippen LogP contribution in [0.5, 0.6) is 0 Å². The number of hydrogen-bond donors (Lipinski definition) is 2. The van der Waals surface area contributed by atoms with Crippen LogP contribution in [-0.2, 0) is 0 Å². The van der Waals surface area contributed by atoms with Crippen molar-refractivity contribution in [3.63, 3.8) is 0 Å². The molecule has 0 aromatic carbocycles. The van der Waals surface area contributed by atoms with Gasteiger partial charge in [0.1, 0.15) is 0 Å². The Morgan fingerprint density at radius 1 is 1.18 bits per heavy atom. The number of hydrogen-bond acceptors (Lipinski definition) is 1. The zero-order valence-electron chi connectivity index (χ0n) is 5.77. The number of rotatable bonds is 0. The van der Waals surface area contributed by atoms with E-state index in [-0.39, 0.29) is 6.15 Å². The molecule has 0 spiro atoms. The van der Waals surface area contributed by atoms with E-state index in [2.05, 4.69) is 9.97 Å². The SMILES string of the molecule is F[B-](F)(F)F.[NH4+].c1c[nH]cn1. The molecule has 0 amide bonds. The number of halogens is 4. The molecule has 1 aromatic rings. The fourth-order valence-electron chi connectivity index (χ4n) is 0.215. The Bertz CT molecular complexity index is 127. The normalized spacial score (nSPS) is 9.09. The van der Waals surface area contributed by atoms with Gasteiger partial charge in [-0.3, -0.25) is 0 Å². The fourth-order valence-corrected chi connectivity index (χ4v) is 0.215. The molecule has 3 nitrogen and oxygen atoms in total. The second-order valence-corrected chi connectivity index (χ2v) is 1.26. The highest BCUT2D eigenvalue weighted by atomic mass is 19.5. The number of quaternary nitrogens is 1. The summed E-state index contributed by atoms with van der Waals surface area (Å²) in [5.74, 6) is 0.